The lowest BCUT2D eigenvalue weighted by Gasteiger charge is -2.35. The van der Waals surface area contributed by atoms with Crippen LogP contribution in [0.25, 0.3) is 12.2 Å². The minimum Gasteiger partial charge on any atom is -0.508 e. The van der Waals surface area contributed by atoms with E-state index in [9.17, 15) is 20.1 Å². The van der Waals surface area contributed by atoms with Crippen LogP contribution in [0.3, 0.4) is 0 Å². The minimum atomic E-state index is -0.402. The van der Waals surface area contributed by atoms with Gasteiger partial charge in [0.2, 0.25) is 0 Å². The zero-order valence-corrected chi connectivity index (χ0v) is 25.6. The van der Waals surface area contributed by atoms with Crippen LogP contribution in [0.4, 0.5) is 0 Å². The number of carbonyl (C=O) groups excluding carboxylic acids is 1. The molecule has 3 N–H and O–H groups in total. The highest BCUT2D eigenvalue weighted by atomic mass is 16.5. The van der Waals surface area contributed by atoms with E-state index in [0.29, 0.717) is 28.9 Å². The molecule has 0 fully saturated rings. The summed E-state index contributed by atoms with van der Waals surface area (Å²) in [5.74, 6) is 1.09. The van der Waals surface area contributed by atoms with Crippen molar-refractivity contribution in [1.29, 1.82) is 0 Å². The van der Waals surface area contributed by atoms with Crippen LogP contribution >= 0.6 is 0 Å². The molecule has 0 saturated heterocycles. The summed E-state index contributed by atoms with van der Waals surface area (Å²) >= 11 is 0. The first-order valence-electron chi connectivity index (χ1n) is 14.4. The number of phenolic OH excluding ortho intramolecular Hbond substituents is 2. The first-order valence-corrected chi connectivity index (χ1v) is 14.4. The third kappa shape index (κ3) is 8.90. The molecule has 0 unspecified atom stereocenters. The fourth-order valence-electron chi connectivity index (χ4n) is 5.45. The van der Waals surface area contributed by atoms with Gasteiger partial charge in [-0.1, -0.05) is 48.4 Å². The summed E-state index contributed by atoms with van der Waals surface area (Å²) in [7, 11) is 2.98. The van der Waals surface area contributed by atoms with Crippen molar-refractivity contribution in [3.8, 4) is 23.0 Å². The summed E-state index contributed by atoms with van der Waals surface area (Å²) < 4.78 is 10.6. The number of aliphatic hydroxyl groups is 1. The van der Waals surface area contributed by atoms with Crippen LogP contribution in [0, 0.1) is 11.8 Å². The van der Waals surface area contributed by atoms with Gasteiger partial charge < -0.3 is 24.8 Å². The fraction of sp³-hybridized carbons (Fsp3) is 0.361. The van der Waals surface area contributed by atoms with Crippen LogP contribution in [0.1, 0.15) is 76.0 Å². The topological polar surface area (TPSA) is 96.2 Å². The average molecular weight is 573 g/mol. The molecule has 0 amide bonds. The van der Waals surface area contributed by atoms with E-state index >= 15 is 0 Å². The standard InChI is InChI=1S/C36H44O6/c1-23(2)8-7-9-25(4)30-16-10-24(3)18-31(30)32-19-27(21-35(42-6)36(32)40)12-15-29(38)22-28(37)14-11-26-13-17-33(39)34(20-26)41-5/h8,11-15,17-22,25,30-31,38-40H,7,9-10,16H2,1-6H3/t25-,30+,31-/m0/s1. The van der Waals surface area contributed by atoms with Crippen LogP contribution in [0.5, 0.6) is 23.0 Å². The predicted molar refractivity (Wildman–Crippen MR) is 170 cm³/mol. The number of carbonyl (C=O) groups is 1. The number of aromatic hydroxyl groups is 2. The van der Waals surface area contributed by atoms with Crippen LogP contribution in [0.2, 0.25) is 0 Å². The predicted octanol–water partition coefficient (Wildman–Crippen LogP) is 8.68. The normalized spacial score (nSPS) is 18.1. The second kappa shape index (κ2) is 15.2. The van der Waals surface area contributed by atoms with Crippen molar-refractivity contribution in [3.05, 3.63) is 94.3 Å². The molecular weight excluding hydrogens is 528 g/mol. The van der Waals surface area contributed by atoms with Gasteiger partial charge in [-0.25, -0.2) is 0 Å². The van der Waals surface area contributed by atoms with Gasteiger partial charge >= 0.3 is 0 Å². The van der Waals surface area contributed by atoms with Gasteiger partial charge in [-0.2, -0.15) is 0 Å². The Labute approximate surface area is 250 Å². The Bertz CT molecular complexity index is 1400. The number of aliphatic hydroxyl groups excluding tert-OH is 1. The molecule has 0 bridgehead atoms. The number of benzene rings is 2. The van der Waals surface area contributed by atoms with Crippen molar-refractivity contribution in [2.45, 2.75) is 59.3 Å². The molecule has 3 atom stereocenters. The van der Waals surface area contributed by atoms with Gasteiger partial charge in [0.1, 0.15) is 5.76 Å². The molecule has 0 saturated carbocycles. The summed E-state index contributed by atoms with van der Waals surface area (Å²) in [6, 6.07) is 8.40. The quantitative estimate of drug-likeness (QED) is 0.102. The number of ketones is 1. The molecule has 1 aliphatic rings. The van der Waals surface area contributed by atoms with Crippen molar-refractivity contribution in [2.24, 2.45) is 11.8 Å². The first-order chi connectivity index (χ1) is 20.0. The van der Waals surface area contributed by atoms with Crippen molar-refractivity contribution in [2.75, 3.05) is 14.2 Å². The van der Waals surface area contributed by atoms with Gasteiger partial charge in [0.15, 0.2) is 28.8 Å². The third-order valence-electron chi connectivity index (χ3n) is 7.79. The number of rotatable bonds is 12. The monoisotopic (exact) mass is 572 g/mol. The molecule has 42 heavy (non-hydrogen) atoms. The smallest absolute Gasteiger partial charge is 0.182 e. The maximum atomic E-state index is 12.4. The summed E-state index contributed by atoms with van der Waals surface area (Å²) in [6.07, 6.45) is 16.0. The lowest BCUT2D eigenvalue weighted by atomic mass is 9.70. The van der Waals surface area contributed by atoms with E-state index in [1.807, 2.05) is 6.07 Å². The van der Waals surface area contributed by atoms with E-state index in [-0.39, 0.29) is 23.2 Å². The lowest BCUT2D eigenvalue weighted by Crippen LogP contribution is -2.23. The van der Waals surface area contributed by atoms with E-state index in [2.05, 4.69) is 39.8 Å². The summed E-state index contributed by atoms with van der Waals surface area (Å²) in [5, 5.41) is 31.3. The number of methoxy groups -OCH3 is 2. The average Bonchev–Trinajstić information content (AvgIpc) is 2.95. The zero-order chi connectivity index (χ0) is 30.8. The Balaban J connectivity index is 1.84. The Hall–Kier alpha value is -4.19. The molecule has 0 aromatic heterocycles. The van der Waals surface area contributed by atoms with Gasteiger partial charge in [-0.05, 0) is 106 Å². The van der Waals surface area contributed by atoms with Gasteiger partial charge in [0.25, 0.3) is 0 Å². The summed E-state index contributed by atoms with van der Waals surface area (Å²) in [5.41, 5.74) is 4.85. The van der Waals surface area contributed by atoms with Crippen LogP contribution in [0.15, 0.2) is 77.6 Å². The second-order valence-electron chi connectivity index (χ2n) is 11.3. The molecule has 6 nitrogen and oxygen atoms in total. The lowest BCUT2D eigenvalue weighted by molar-refractivity contribution is -0.110. The summed E-state index contributed by atoms with van der Waals surface area (Å²) in [4.78, 5) is 12.4. The first kappa shape index (κ1) is 32.3. The van der Waals surface area contributed by atoms with Crippen molar-refractivity contribution in [1.82, 2.24) is 0 Å². The number of phenols is 2. The largest absolute Gasteiger partial charge is 0.508 e. The molecule has 6 heteroatoms. The third-order valence-corrected chi connectivity index (χ3v) is 7.79. The van der Waals surface area contributed by atoms with Gasteiger partial charge in [0, 0.05) is 17.6 Å². The SMILES string of the molecule is COc1cc(C=CC(=O)C=C(O)C=Cc2cc(OC)c(O)c([C@H]3C=C(C)CC[C@@H]3[C@@H](C)CCC=C(C)C)c2)ccc1O. The highest BCUT2D eigenvalue weighted by Crippen LogP contribution is 2.47. The molecule has 224 valence electrons. The Morgan fingerprint density at radius 1 is 1.02 bits per heavy atom. The molecule has 3 rings (SSSR count). The van der Waals surface area contributed by atoms with Crippen molar-refractivity contribution >= 4 is 17.9 Å². The minimum absolute atomic E-state index is 0.0109. The highest BCUT2D eigenvalue weighted by molar-refractivity contribution is 6.02. The number of hydrogen-bond donors (Lipinski definition) is 3. The van der Waals surface area contributed by atoms with Gasteiger partial charge in [-0.15, -0.1) is 0 Å². The molecule has 1 aliphatic carbocycles. The van der Waals surface area contributed by atoms with Gasteiger partial charge in [0.05, 0.1) is 14.2 Å². The number of ether oxygens (including phenoxy) is 2. The van der Waals surface area contributed by atoms with E-state index in [1.165, 1.54) is 43.6 Å². The Morgan fingerprint density at radius 2 is 1.71 bits per heavy atom. The van der Waals surface area contributed by atoms with Crippen molar-refractivity contribution in [3.63, 3.8) is 0 Å². The Morgan fingerprint density at radius 3 is 2.40 bits per heavy atom. The molecule has 0 heterocycles. The molecule has 0 spiro atoms. The molecule has 0 radical (unpaired) electrons. The van der Waals surface area contributed by atoms with Crippen LogP contribution in [-0.2, 0) is 4.79 Å². The summed E-state index contributed by atoms with van der Waals surface area (Å²) in [6.45, 7) is 8.69. The number of allylic oxidation sites excluding steroid dienone is 7. The molecule has 0 aliphatic heterocycles. The van der Waals surface area contributed by atoms with E-state index < -0.39 is 5.78 Å². The molecule has 2 aromatic carbocycles. The van der Waals surface area contributed by atoms with Crippen molar-refractivity contribution < 1.29 is 29.6 Å². The van der Waals surface area contributed by atoms with E-state index in [1.54, 1.807) is 30.4 Å². The Kier molecular flexibility index (Phi) is 11.7. The van der Waals surface area contributed by atoms with Crippen LogP contribution < -0.4 is 9.47 Å². The van der Waals surface area contributed by atoms with E-state index in [4.69, 9.17) is 9.47 Å². The molecule has 2 aromatic rings. The van der Waals surface area contributed by atoms with E-state index in [0.717, 1.165) is 42.9 Å². The second-order valence-corrected chi connectivity index (χ2v) is 11.3. The maximum absolute atomic E-state index is 12.4. The zero-order valence-electron chi connectivity index (χ0n) is 25.6. The van der Waals surface area contributed by atoms with Crippen LogP contribution in [-0.4, -0.2) is 35.3 Å². The van der Waals surface area contributed by atoms with Gasteiger partial charge in [-0.3, -0.25) is 4.79 Å². The highest BCUT2D eigenvalue weighted by Gasteiger charge is 2.31. The molecular formula is C36H44O6. The maximum Gasteiger partial charge on any atom is 0.182 e. The number of hydrogen-bond acceptors (Lipinski definition) is 6. The fourth-order valence-corrected chi connectivity index (χ4v) is 5.45.